The number of hydrogen-bond donors (Lipinski definition) is 1. The summed E-state index contributed by atoms with van der Waals surface area (Å²) in [6.07, 6.45) is 1.42. The summed E-state index contributed by atoms with van der Waals surface area (Å²) in [7, 11) is 3.20. The summed E-state index contributed by atoms with van der Waals surface area (Å²) in [5, 5.41) is 3.56. The average Bonchev–Trinajstić information content (AvgIpc) is 2.86. The molecule has 2 aromatic carbocycles. The number of methoxy groups -OCH3 is 2. The van der Waals surface area contributed by atoms with Crippen molar-refractivity contribution in [1.82, 2.24) is 14.5 Å². The molecule has 1 atom stereocenters. The van der Waals surface area contributed by atoms with Crippen LogP contribution in [0.3, 0.4) is 0 Å². The molecule has 8 heteroatoms. The van der Waals surface area contributed by atoms with Crippen molar-refractivity contribution in [2.45, 2.75) is 46.2 Å². The molecule has 0 aliphatic carbocycles. The van der Waals surface area contributed by atoms with E-state index in [4.69, 9.17) is 14.5 Å². The van der Waals surface area contributed by atoms with Crippen LogP contribution < -0.4 is 15.6 Å². The normalized spacial score (nSPS) is 12.1. The number of ether oxygens (including phenoxy) is 2. The van der Waals surface area contributed by atoms with Gasteiger partial charge < -0.3 is 19.7 Å². The monoisotopic (exact) mass is 480 g/mol. The van der Waals surface area contributed by atoms with E-state index >= 15 is 0 Å². The number of hydrogen-bond acceptors (Lipinski definition) is 5. The predicted molar refractivity (Wildman–Crippen MR) is 139 cm³/mol. The van der Waals surface area contributed by atoms with Gasteiger partial charge in [0.05, 0.1) is 37.2 Å². The highest BCUT2D eigenvalue weighted by molar-refractivity contribution is 5.90. The second-order valence-electron chi connectivity index (χ2n) is 8.90. The maximum absolute atomic E-state index is 13.6. The van der Waals surface area contributed by atoms with Gasteiger partial charge in [-0.2, -0.15) is 0 Å². The van der Waals surface area contributed by atoms with E-state index in [-0.39, 0.29) is 11.6 Å². The molecule has 0 spiro atoms. The van der Waals surface area contributed by atoms with Crippen LogP contribution in [0.2, 0.25) is 0 Å². The van der Waals surface area contributed by atoms with Gasteiger partial charge in [0.15, 0.2) is 0 Å². The lowest BCUT2D eigenvalue weighted by Gasteiger charge is -2.33. The first kappa shape index (κ1) is 26.2. The van der Waals surface area contributed by atoms with Gasteiger partial charge in [-0.05, 0) is 43.0 Å². The Morgan fingerprint density at radius 3 is 2.60 bits per heavy atom. The van der Waals surface area contributed by atoms with Crippen molar-refractivity contribution in [3.05, 3.63) is 64.7 Å². The highest BCUT2D eigenvalue weighted by Crippen LogP contribution is 2.26. The van der Waals surface area contributed by atoms with Gasteiger partial charge in [0, 0.05) is 25.4 Å². The van der Waals surface area contributed by atoms with Gasteiger partial charge in [-0.3, -0.25) is 9.36 Å². The Kier molecular flexibility index (Phi) is 9.25. The minimum atomic E-state index is -0.395. The third kappa shape index (κ3) is 6.39. The first-order valence-electron chi connectivity index (χ1n) is 12.1. The minimum absolute atomic E-state index is 0.127. The standard InChI is InChI=1S/C27H36N4O4/c1-6-24(25-29-23-13-8-7-12-22(23)26(32)31(25)16-17-34-4)30(15-14-19(2)3)27(33)28-20-10-9-11-21(18-20)35-5/h7-13,18-19,24H,6,14-17H2,1-5H3,(H,28,33). The van der Waals surface area contributed by atoms with Gasteiger partial charge in [-0.1, -0.05) is 39.0 Å². The largest absolute Gasteiger partial charge is 0.497 e. The number of para-hydroxylation sites is 1. The molecule has 35 heavy (non-hydrogen) atoms. The van der Waals surface area contributed by atoms with Gasteiger partial charge in [-0.25, -0.2) is 9.78 Å². The fourth-order valence-electron chi connectivity index (χ4n) is 4.07. The van der Waals surface area contributed by atoms with E-state index < -0.39 is 6.04 Å². The number of fused-ring (bicyclic) bond motifs is 1. The summed E-state index contributed by atoms with van der Waals surface area (Å²) in [4.78, 5) is 33.7. The van der Waals surface area contributed by atoms with Gasteiger partial charge in [0.2, 0.25) is 0 Å². The van der Waals surface area contributed by atoms with E-state index in [1.165, 1.54) is 0 Å². The minimum Gasteiger partial charge on any atom is -0.497 e. The SMILES string of the molecule is CCC(c1nc2ccccc2c(=O)n1CCOC)N(CCC(C)C)C(=O)Nc1cccc(OC)c1. The van der Waals surface area contributed by atoms with Gasteiger partial charge in [0.25, 0.3) is 5.56 Å². The average molecular weight is 481 g/mol. The van der Waals surface area contributed by atoms with Crippen LogP contribution in [0.25, 0.3) is 10.9 Å². The van der Waals surface area contributed by atoms with Crippen LogP contribution in [0, 0.1) is 5.92 Å². The lowest BCUT2D eigenvalue weighted by Crippen LogP contribution is -2.42. The number of nitrogens with zero attached hydrogens (tertiary/aromatic N) is 3. The predicted octanol–water partition coefficient (Wildman–Crippen LogP) is 5.08. The lowest BCUT2D eigenvalue weighted by molar-refractivity contribution is 0.166. The Hall–Kier alpha value is -3.39. The number of carbonyl (C=O) groups is 1. The molecular weight excluding hydrogens is 444 g/mol. The van der Waals surface area contributed by atoms with Crippen molar-refractivity contribution < 1.29 is 14.3 Å². The number of anilines is 1. The van der Waals surface area contributed by atoms with Crippen LogP contribution >= 0.6 is 0 Å². The molecule has 8 nitrogen and oxygen atoms in total. The Balaban J connectivity index is 2.07. The highest BCUT2D eigenvalue weighted by atomic mass is 16.5. The third-order valence-corrected chi connectivity index (χ3v) is 6.00. The van der Waals surface area contributed by atoms with Crippen molar-refractivity contribution in [2.75, 3.05) is 32.7 Å². The Morgan fingerprint density at radius 1 is 1.14 bits per heavy atom. The number of urea groups is 1. The Morgan fingerprint density at radius 2 is 1.91 bits per heavy atom. The van der Waals surface area contributed by atoms with Crippen LogP contribution in [0.1, 0.15) is 45.5 Å². The number of aromatic nitrogens is 2. The van der Waals surface area contributed by atoms with Gasteiger partial charge in [0.1, 0.15) is 11.6 Å². The maximum atomic E-state index is 13.6. The molecule has 3 rings (SSSR count). The van der Waals surface area contributed by atoms with Crippen LogP contribution in [0.5, 0.6) is 5.75 Å². The maximum Gasteiger partial charge on any atom is 0.322 e. The number of carbonyl (C=O) groups excluding carboxylic acids is 1. The first-order valence-corrected chi connectivity index (χ1v) is 12.1. The molecule has 0 aliphatic rings. The number of rotatable bonds is 11. The molecule has 1 N–H and O–H groups in total. The van der Waals surface area contributed by atoms with E-state index in [0.29, 0.717) is 60.2 Å². The molecule has 0 radical (unpaired) electrons. The second kappa shape index (κ2) is 12.4. The summed E-state index contributed by atoms with van der Waals surface area (Å²) in [6.45, 7) is 7.51. The van der Waals surface area contributed by atoms with Crippen molar-refractivity contribution in [2.24, 2.45) is 5.92 Å². The summed E-state index contributed by atoms with van der Waals surface area (Å²) in [5.41, 5.74) is 1.14. The number of benzene rings is 2. The summed E-state index contributed by atoms with van der Waals surface area (Å²) >= 11 is 0. The zero-order valence-electron chi connectivity index (χ0n) is 21.3. The van der Waals surface area contributed by atoms with Gasteiger partial charge >= 0.3 is 6.03 Å². The fraction of sp³-hybridized carbons (Fsp3) is 0.444. The molecule has 0 bridgehead atoms. The van der Waals surface area contributed by atoms with E-state index in [9.17, 15) is 9.59 Å². The molecular formula is C27H36N4O4. The van der Waals surface area contributed by atoms with E-state index in [2.05, 4.69) is 19.2 Å². The third-order valence-electron chi connectivity index (χ3n) is 6.00. The second-order valence-corrected chi connectivity index (χ2v) is 8.90. The topological polar surface area (TPSA) is 85.7 Å². The molecule has 0 saturated carbocycles. The van der Waals surface area contributed by atoms with Crippen molar-refractivity contribution in [1.29, 1.82) is 0 Å². The number of amides is 2. The molecule has 3 aromatic rings. The summed E-state index contributed by atoms with van der Waals surface area (Å²) in [5.74, 6) is 1.63. The highest BCUT2D eigenvalue weighted by Gasteiger charge is 2.29. The molecule has 0 fully saturated rings. The Bertz CT molecular complexity index is 1190. The lowest BCUT2D eigenvalue weighted by atomic mass is 10.1. The molecule has 2 amide bonds. The molecule has 188 valence electrons. The summed E-state index contributed by atoms with van der Waals surface area (Å²) in [6, 6.07) is 13.9. The molecule has 0 saturated heterocycles. The van der Waals surface area contributed by atoms with E-state index in [1.807, 2.05) is 43.3 Å². The van der Waals surface area contributed by atoms with Crippen molar-refractivity contribution in [3.8, 4) is 5.75 Å². The van der Waals surface area contributed by atoms with Crippen molar-refractivity contribution in [3.63, 3.8) is 0 Å². The zero-order chi connectivity index (χ0) is 25.4. The van der Waals surface area contributed by atoms with E-state index in [1.54, 1.807) is 35.8 Å². The van der Waals surface area contributed by atoms with Crippen LogP contribution in [-0.4, -0.2) is 47.9 Å². The molecule has 1 aromatic heterocycles. The van der Waals surface area contributed by atoms with Crippen LogP contribution in [-0.2, 0) is 11.3 Å². The van der Waals surface area contributed by atoms with Crippen LogP contribution in [0.15, 0.2) is 53.3 Å². The molecule has 0 aliphatic heterocycles. The van der Waals surface area contributed by atoms with Gasteiger partial charge in [-0.15, -0.1) is 0 Å². The Labute approximate surface area is 206 Å². The fourth-order valence-corrected chi connectivity index (χ4v) is 4.07. The smallest absolute Gasteiger partial charge is 0.322 e. The zero-order valence-corrected chi connectivity index (χ0v) is 21.3. The number of nitrogens with one attached hydrogen (secondary N) is 1. The van der Waals surface area contributed by atoms with Crippen molar-refractivity contribution >= 4 is 22.6 Å². The summed E-state index contributed by atoms with van der Waals surface area (Å²) < 4.78 is 12.2. The quantitative estimate of drug-likeness (QED) is 0.414. The molecule has 1 unspecified atom stereocenters. The first-order chi connectivity index (χ1) is 16.9. The van der Waals surface area contributed by atoms with Crippen LogP contribution in [0.4, 0.5) is 10.5 Å². The molecule has 1 heterocycles. The van der Waals surface area contributed by atoms with E-state index in [0.717, 1.165) is 6.42 Å².